The van der Waals surface area contributed by atoms with Crippen molar-refractivity contribution in [2.24, 2.45) is 0 Å². The Morgan fingerprint density at radius 1 is 1.30 bits per heavy atom. The van der Waals surface area contributed by atoms with Gasteiger partial charge in [-0.05, 0) is 31.0 Å². The fraction of sp³-hybridized carbons (Fsp3) is 0.333. The number of anilines is 2. The SMILES string of the molecule is Cc1nc(Cl)cc(NCc2cccc(N3CCCS3(=O)=O)c2)n1. The Morgan fingerprint density at radius 3 is 2.83 bits per heavy atom. The standard InChI is InChI=1S/C15H17ClN4O2S/c1-11-18-14(16)9-15(19-11)17-10-12-4-2-5-13(8-12)20-6-3-7-23(20,21)22/h2,4-5,8-9H,3,6-7,10H2,1H3,(H,17,18,19). The molecule has 23 heavy (non-hydrogen) atoms. The summed E-state index contributed by atoms with van der Waals surface area (Å²) < 4.78 is 25.5. The molecule has 0 saturated carbocycles. The maximum atomic E-state index is 12.0. The average molecular weight is 353 g/mol. The number of nitrogens with one attached hydrogen (secondary N) is 1. The molecule has 0 unspecified atom stereocenters. The number of hydrogen-bond donors (Lipinski definition) is 1. The fourth-order valence-corrected chi connectivity index (χ4v) is 4.35. The van der Waals surface area contributed by atoms with Gasteiger partial charge < -0.3 is 5.32 Å². The van der Waals surface area contributed by atoms with Crippen LogP contribution >= 0.6 is 11.6 Å². The van der Waals surface area contributed by atoms with E-state index in [4.69, 9.17) is 11.6 Å². The molecule has 2 aromatic rings. The molecule has 6 nitrogen and oxygen atoms in total. The van der Waals surface area contributed by atoms with E-state index in [2.05, 4.69) is 15.3 Å². The number of sulfonamides is 1. The predicted molar refractivity (Wildman–Crippen MR) is 91.3 cm³/mol. The number of hydrogen-bond acceptors (Lipinski definition) is 5. The Hall–Kier alpha value is -1.86. The zero-order valence-electron chi connectivity index (χ0n) is 12.7. The molecule has 1 fully saturated rings. The topological polar surface area (TPSA) is 75.2 Å². The Balaban J connectivity index is 1.75. The van der Waals surface area contributed by atoms with Crippen molar-refractivity contribution in [3.63, 3.8) is 0 Å². The first-order valence-corrected chi connectivity index (χ1v) is 9.27. The number of rotatable bonds is 4. The Morgan fingerprint density at radius 2 is 2.13 bits per heavy atom. The van der Waals surface area contributed by atoms with E-state index in [9.17, 15) is 8.42 Å². The monoisotopic (exact) mass is 352 g/mol. The molecular formula is C15H17ClN4O2S. The normalized spacial score (nSPS) is 16.5. The average Bonchev–Trinajstić information content (AvgIpc) is 2.84. The minimum atomic E-state index is -3.16. The molecule has 8 heteroatoms. The van der Waals surface area contributed by atoms with Crippen molar-refractivity contribution >= 4 is 33.1 Å². The molecule has 1 aromatic carbocycles. The molecule has 0 radical (unpaired) electrons. The van der Waals surface area contributed by atoms with Crippen molar-refractivity contribution in [2.45, 2.75) is 19.9 Å². The first-order chi connectivity index (χ1) is 10.9. The molecular weight excluding hydrogens is 336 g/mol. The van der Waals surface area contributed by atoms with Gasteiger partial charge in [0.2, 0.25) is 10.0 Å². The highest BCUT2D eigenvalue weighted by atomic mass is 35.5. The molecule has 1 N–H and O–H groups in total. The molecule has 3 rings (SSSR count). The second-order valence-electron chi connectivity index (χ2n) is 5.39. The van der Waals surface area contributed by atoms with Crippen LogP contribution in [0.1, 0.15) is 17.8 Å². The number of benzene rings is 1. The Kier molecular flexibility index (Phi) is 4.41. The van der Waals surface area contributed by atoms with Crippen LogP contribution in [0, 0.1) is 6.92 Å². The molecule has 1 aliphatic rings. The summed E-state index contributed by atoms with van der Waals surface area (Å²) >= 11 is 5.91. The van der Waals surface area contributed by atoms with Crippen LogP contribution in [0.3, 0.4) is 0 Å². The lowest BCUT2D eigenvalue weighted by atomic mass is 10.2. The van der Waals surface area contributed by atoms with E-state index >= 15 is 0 Å². The molecule has 0 spiro atoms. The van der Waals surface area contributed by atoms with E-state index in [-0.39, 0.29) is 5.75 Å². The zero-order chi connectivity index (χ0) is 16.4. The number of aryl methyl sites for hydroxylation is 1. The minimum Gasteiger partial charge on any atom is -0.366 e. The van der Waals surface area contributed by atoms with Crippen LogP contribution in [-0.2, 0) is 16.6 Å². The van der Waals surface area contributed by atoms with E-state index in [0.717, 1.165) is 5.56 Å². The van der Waals surface area contributed by atoms with Crippen LogP contribution in [0.4, 0.5) is 11.5 Å². The first-order valence-electron chi connectivity index (χ1n) is 7.28. The van der Waals surface area contributed by atoms with Crippen LogP contribution in [0.5, 0.6) is 0 Å². The maximum Gasteiger partial charge on any atom is 0.235 e. The van der Waals surface area contributed by atoms with Gasteiger partial charge >= 0.3 is 0 Å². The highest BCUT2D eigenvalue weighted by molar-refractivity contribution is 7.93. The predicted octanol–water partition coefficient (Wildman–Crippen LogP) is 2.59. The van der Waals surface area contributed by atoms with E-state index in [0.29, 0.717) is 42.0 Å². The summed E-state index contributed by atoms with van der Waals surface area (Å²) in [5, 5.41) is 3.56. The van der Waals surface area contributed by atoms with Gasteiger partial charge in [0, 0.05) is 19.2 Å². The molecule has 1 saturated heterocycles. The van der Waals surface area contributed by atoms with Crippen molar-refractivity contribution in [1.29, 1.82) is 0 Å². The van der Waals surface area contributed by atoms with E-state index in [1.807, 2.05) is 24.3 Å². The molecule has 2 heterocycles. The van der Waals surface area contributed by atoms with E-state index in [1.54, 1.807) is 13.0 Å². The zero-order valence-corrected chi connectivity index (χ0v) is 14.2. The summed E-state index contributed by atoms with van der Waals surface area (Å²) in [4.78, 5) is 8.27. The van der Waals surface area contributed by atoms with Crippen molar-refractivity contribution in [1.82, 2.24) is 9.97 Å². The van der Waals surface area contributed by atoms with Crippen LogP contribution in [-0.4, -0.2) is 30.7 Å². The third-order valence-corrected chi connectivity index (χ3v) is 5.64. The number of nitrogens with zero attached hydrogens (tertiary/aromatic N) is 3. The lowest BCUT2D eigenvalue weighted by molar-refractivity contribution is 0.599. The fourth-order valence-electron chi connectivity index (χ4n) is 2.57. The Bertz CT molecular complexity index is 806. The second kappa shape index (κ2) is 6.33. The summed E-state index contributed by atoms with van der Waals surface area (Å²) in [6.07, 6.45) is 0.670. The molecule has 122 valence electrons. The van der Waals surface area contributed by atoms with Gasteiger partial charge in [-0.3, -0.25) is 4.31 Å². The van der Waals surface area contributed by atoms with Crippen molar-refractivity contribution in [3.8, 4) is 0 Å². The van der Waals surface area contributed by atoms with Gasteiger partial charge in [-0.2, -0.15) is 0 Å². The van der Waals surface area contributed by atoms with Crippen LogP contribution in [0.25, 0.3) is 0 Å². The van der Waals surface area contributed by atoms with Crippen LogP contribution in [0.15, 0.2) is 30.3 Å². The van der Waals surface area contributed by atoms with Gasteiger partial charge in [-0.1, -0.05) is 23.7 Å². The smallest absolute Gasteiger partial charge is 0.235 e. The summed E-state index contributed by atoms with van der Waals surface area (Å²) in [5.74, 6) is 1.45. The van der Waals surface area contributed by atoms with E-state index in [1.165, 1.54) is 4.31 Å². The van der Waals surface area contributed by atoms with Crippen LogP contribution < -0.4 is 9.62 Å². The summed E-state index contributed by atoms with van der Waals surface area (Å²) in [6.45, 7) is 2.84. The quantitative estimate of drug-likeness (QED) is 0.856. The first kappa shape index (κ1) is 16.0. The van der Waals surface area contributed by atoms with E-state index < -0.39 is 10.0 Å². The molecule has 1 aromatic heterocycles. The third kappa shape index (κ3) is 3.73. The molecule has 0 bridgehead atoms. The van der Waals surface area contributed by atoms with Crippen molar-refractivity contribution in [2.75, 3.05) is 21.9 Å². The number of aromatic nitrogens is 2. The van der Waals surface area contributed by atoms with Gasteiger partial charge in [0.25, 0.3) is 0 Å². The second-order valence-corrected chi connectivity index (χ2v) is 7.79. The summed E-state index contributed by atoms with van der Waals surface area (Å²) in [6, 6.07) is 9.15. The lowest BCUT2D eigenvalue weighted by Crippen LogP contribution is -2.25. The molecule has 0 aliphatic carbocycles. The lowest BCUT2D eigenvalue weighted by Gasteiger charge is -2.17. The van der Waals surface area contributed by atoms with Gasteiger partial charge in [0.05, 0.1) is 11.4 Å². The van der Waals surface area contributed by atoms with Crippen molar-refractivity contribution < 1.29 is 8.42 Å². The van der Waals surface area contributed by atoms with Crippen molar-refractivity contribution in [3.05, 3.63) is 46.9 Å². The highest BCUT2D eigenvalue weighted by Gasteiger charge is 2.28. The molecule has 0 amide bonds. The molecule has 0 atom stereocenters. The Labute approximate surface area is 140 Å². The highest BCUT2D eigenvalue weighted by Crippen LogP contribution is 2.25. The third-order valence-electron chi connectivity index (χ3n) is 3.58. The van der Waals surface area contributed by atoms with Gasteiger partial charge in [-0.25, -0.2) is 18.4 Å². The minimum absolute atomic E-state index is 0.216. The molecule has 1 aliphatic heterocycles. The van der Waals surface area contributed by atoms with Crippen LogP contribution in [0.2, 0.25) is 5.15 Å². The van der Waals surface area contributed by atoms with Gasteiger partial charge in [0.15, 0.2) is 0 Å². The summed E-state index contributed by atoms with van der Waals surface area (Å²) in [7, 11) is -3.16. The summed E-state index contributed by atoms with van der Waals surface area (Å²) in [5.41, 5.74) is 1.68. The largest absolute Gasteiger partial charge is 0.366 e. The van der Waals surface area contributed by atoms with Gasteiger partial charge in [0.1, 0.15) is 16.8 Å². The van der Waals surface area contributed by atoms with Gasteiger partial charge in [-0.15, -0.1) is 0 Å². The number of halogens is 1. The maximum absolute atomic E-state index is 12.0.